The van der Waals surface area contributed by atoms with Crippen molar-refractivity contribution in [1.29, 1.82) is 0 Å². The van der Waals surface area contributed by atoms with Crippen molar-refractivity contribution in [2.75, 3.05) is 16.8 Å². The van der Waals surface area contributed by atoms with E-state index in [2.05, 4.69) is 12.2 Å². The van der Waals surface area contributed by atoms with Crippen molar-refractivity contribution >= 4 is 29.3 Å². The van der Waals surface area contributed by atoms with E-state index in [1.54, 1.807) is 48.2 Å². The van der Waals surface area contributed by atoms with E-state index in [-0.39, 0.29) is 17.6 Å². The highest BCUT2D eigenvalue weighted by atomic mass is 19.1. The van der Waals surface area contributed by atoms with Crippen LogP contribution >= 0.6 is 0 Å². The molecule has 0 spiro atoms. The number of nitrogens with zero attached hydrogens (tertiary/aromatic N) is 1. The number of ether oxygens (including phenoxy) is 1. The van der Waals surface area contributed by atoms with Crippen LogP contribution in [-0.4, -0.2) is 24.5 Å². The van der Waals surface area contributed by atoms with Gasteiger partial charge in [-0.1, -0.05) is 31.9 Å². The van der Waals surface area contributed by atoms with Gasteiger partial charge in [0.2, 0.25) is 5.91 Å². The van der Waals surface area contributed by atoms with E-state index in [1.165, 1.54) is 18.2 Å². The third kappa shape index (κ3) is 5.22. The van der Waals surface area contributed by atoms with Gasteiger partial charge in [0.25, 0.3) is 5.91 Å². The summed E-state index contributed by atoms with van der Waals surface area (Å²) < 4.78 is 18.7. The average molecular weight is 396 g/mol. The molecule has 152 valence electrons. The Hall–Kier alpha value is -3.15. The summed E-state index contributed by atoms with van der Waals surface area (Å²) in [5.41, 5.74) is 1.97. The van der Waals surface area contributed by atoms with Crippen molar-refractivity contribution < 1.29 is 18.7 Å². The van der Waals surface area contributed by atoms with Gasteiger partial charge in [0, 0.05) is 18.3 Å². The van der Waals surface area contributed by atoms with Crippen LogP contribution < -0.4 is 15.0 Å². The molecule has 3 rings (SSSR count). The maximum atomic E-state index is 13.0. The normalized spacial score (nSPS) is 15.9. The van der Waals surface area contributed by atoms with E-state index in [1.807, 2.05) is 0 Å². The molecule has 0 aromatic heterocycles. The van der Waals surface area contributed by atoms with E-state index in [0.29, 0.717) is 23.7 Å². The number of rotatable bonds is 7. The monoisotopic (exact) mass is 396 g/mol. The summed E-state index contributed by atoms with van der Waals surface area (Å²) in [6.07, 6.45) is 5.48. The Morgan fingerprint density at radius 2 is 1.97 bits per heavy atom. The van der Waals surface area contributed by atoms with Gasteiger partial charge in [-0.25, -0.2) is 4.39 Å². The van der Waals surface area contributed by atoms with Crippen LogP contribution in [-0.2, 0) is 9.59 Å². The Balaban J connectivity index is 1.73. The van der Waals surface area contributed by atoms with Crippen molar-refractivity contribution in [2.45, 2.75) is 39.2 Å². The lowest BCUT2D eigenvalue weighted by Crippen LogP contribution is -2.44. The standard InChI is InChI=1S/C23H25FN2O3/c1-3-4-5-14-26-20-15-19(11-12-21(20)29-16(2)23(26)28)25-22(27)13-8-17-6-9-18(24)10-7-17/h6-13,15-16H,3-5,14H2,1-2H3,(H,25,27)/b13-8+. The Bertz CT molecular complexity index is 909. The smallest absolute Gasteiger partial charge is 0.267 e. The summed E-state index contributed by atoms with van der Waals surface area (Å²) in [5, 5.41) is 2.79. The quantitative estimate of drug-likeness (QED) is 0.541. The molecule has 1 heterocycles. The zero-order chi connectivity index (χ0) is 20.8. The first-order valence-electron chi connectivity index (χ1n) is 9.84. The van der Waals surface area contributed by atoms with E-state index in [0.717, 1.165) is 24.8 Å². The molecule has 0 radical (unpaired) electrons. The molecule has 2 amide bonds. The Morgan fingerprint density at radius 1 is 1.21 bits per heavy atom. The van der Waals surface area contributed by atoms with E-state index in [4.69, 9.17) is 4.74 Å². The first kappa shape index (κ1) is 20.6. The second-order valence-electron chi connectivity index (χ2n) is 7.01. The zero-order valence-electron chi connectivity index (χ0n) is 16.7. The van der Waals surface area contributed by atoms with Crippen LogP contribution in [0.15, 0.2) is 48.5 Å². The molecule has 2 aromatic rings. The maximum absolute atomic E-state index is 13.0. The highest BCUT2D eigenvalue weighted by Gasteiger charge is 2.31. The highest BCUT2D eigenvalue weighted by molar-refractivity contribution is 6.04. The van der Waals surface area contributed by atoms with Crippen molar-refractivity contribution in [2.24, 2.45) is 0 Å². The zero-order valence-corrected chi connectivity index (χ0v) is 16.7. The van der Waals surface area contributed by atoms with Gasteiger partial charge in [-0.15, -0.1) is 0 Å². The first-order chi connectivity index (χ1) is 14.0. The number of hydrogen-bond donors (Lipinski definition) is 1. The molecule has 0 saturated heterocycles. The molecular formula is C23H25FN2O3. The number of carbonyl (C=O) groups excluding carboxylic acids is 2. The molecule has 0 fully saturated rings. The molecule has 1 aliphatic heterocycles. The molecule has 1 N–H and O–H groups in total. The molecule has 6 heteroatoms. The van der Waals surface area contributed by atoms with Gasteiger partial charge in [-0.3, -0.25) is 9.59 Å². The molecule has 0 aliphatic carbocycles. The number of unbranched alkanes of at least 4 members (excludes halogenated alkanes) is 2. The minimum Gasteiger partial charge on any atom is -0.479 e. The summed E-state index contributed by atoms with van der Waals surface area (Å²) in [5.74, 6) is -0.0831. The number of benzene rings is 2. The SMILES string of the molecule is CCCCCN1C(=O)C(C)Oc2ccc(NC(=O)/C=C/c3ccc(F)cc3)cc21. The summed E-state index contributed by atoms with van der Waals surface area (Å²) in [6.45, 7) is 4.48. The summed E-state index contributed by atoms with van der Waals surface area (Å²) in [7, 11) is 0. The van der Waals surface area contributed by atoms with Crippen LogP contribution in [0, 0.1) is 5.82 Å². The van der Waals surface area contributed by atoms with Crippen LogP contribution in [0.4, 0.5) is 15.8 Å². The van der Waals surface area contributed by atoms with Gasteiger partial charge in [0.1, 0.15) is 11.6 Å². The van der Waals surface area contributed by atoms with E-state index >= 15 is 0 Å². The third-order valence-electron chi connectivity index (χ3n) is 4.72. The summed E-state index contributed by atoms with van der Waals surface area (Å²) >= 11 is 0. The molecule has 1 atom stereocenters. The number of nitrogens with one attached hydrogen (secondary N) is 1. The number of fused-ring (bicyclic) bond motifs is 1. The van der Waals surface area contributed by atoms with Gasteiger partial charge < -0.3 is 15.0 Å². The summed E-state index contributed by atoms with van der Waals surface area (Å²) in [4.78, 5) is 26.6. The van der Waals surface area contributed by atoms with Gasteiger partial charge in [-0.2, -0.15) is 0 Å². The fraction of sp³-hybridized carbons (Fsp3) is 0.304. The van der Waals surface area contributed by atoms with Gasteiger partial charge in [-0.05, 0) is 55.3 Å². The lowest BCUT2D eigenvalue weighted by molar-refractivity contribution is -0.125. The molecule has 1 unspecified atom stereocenters. The fourth-order valence-electron chi connectivity index (χ4n) is 3.17. The fourth-order valence-corrected chi connectivity index (χ4v) is 3.17. The predicted molar refractivity (Wildman–Crippen MR) is 112 cm³/mol. The van der Waals surface area contributed by atoms with E-state index < -0.39 is 6.10 Å². The van der Waals surface area contributed by atoms with Gasteiger partial charge in [0.05, 0.1) is 5.69 Å². The topological polar surface area (TPSA) is 58.6 Å². The second-order valence-corrected chi connectivity index (χ2v) is 7.01. The number of halogens is 1. The molecular weight excluding hydrogens is 371 g/mol. The summed E-state index contributed by atoms with van der Waals surface area (Å²) in [6, 6.07) is 11.1. The predicted octanol–water partition coefficient (Wildman–Crippen LogP) is 4.78. The Morgan fingerprint density at radius 3 is 2.69 bits per heavy atom. The number of carbonyl (C=O) groups is 2. The number of anilines is 2. The second kappa shape index (κ2) is 9.37. The number of hydrogen-bond acceptors (Lipinski definition) is 3. The third-order valence-corrected chi connectivity index (χ3v) is 4.72. The number of amides is 2. The van der Waals surface area contributed by atoms with Gasteiger partial charge in [0.15, 0.2) is 6.10 Å². The lowest BCUT2D eigenvalue weighted by atomic mass is 10.1. The van der Waals surface area contributed by atoms with Crippen LogP contribution in [0.3, 0.4) is 0 Å². The Labute approximate surface area is 170 Å². The van der Waals surface area contributed by atoms with Crippen molar-refractivity contribution in [3.8, 4) is 5.75 Å². The maximum Gasteiger partial charge on any atom is 0.267 e. The van der Waals surface area contributed by atoms with Crippen molar-refractivity contribution in [3.63, 3.8) is 0 Å². The van der Waals surface area contributed by atoms with Gasteiger partial charge >= 0.3 is 0 Å². The first-order valence-corrected chi connectivity index (χ1v) is 9.84. The van der Waals surface area contributed by atoms with E-state index in [9.17, 15) is 14.0 Å². The van der Waals surface area contributed by atoms with Crippen LogP contribution in [0.25, 0.3) is 6.08 Å². The molecule has 29 heavy (non-hydrogen) atoms. The largest absolute Gasteiger partial charge is 0.479 e. The molecule has 0 bridgehead atoms. The van der Waals surface area contributed by atoms with Crippen LogP contribution in [0.2, 0.25) is 0 Å². The van der Waals surface area contributed by atoms with Crippen LogP contribution in [0.1, 0.15) is 38.7 Å². The lowest BCUT2D eigenvalue weighted by Gasteiger charge is -2.33. The molecule has 1 aliphatic rings. The molecule has 0 saturated carbocycles. The van der Waals surface area contributed by atoms with Crippen molar-refractivity contribution in [1.82, 2.24) is 0 Å². The van der Waals surface area contributed by atoms with Crippen LogP contribution in [0.5, 0.6) is 5.75 Å². The Kier molecular flexibility index (Phi) is 6.65. The highest BCUT2D eigenvalue weighted by Crippen LogP contribution is 2.36. The minimum atomic E-state index is -0.525. The van der Waals surface area contributed by atoms with Crippen molar-refractivity contribution in [3.05, 3.63) is 59.9 Å². The molecule has 5 nitrogen and oxygen atoms in total. The average Bonchev–Trinajstić information content (AvgIpc) is 2.71. The minimum absolute atomic E-state index is 0.0757. The molecule has 2 aromatic carbocycles.